The van der Waals surface area contributed by atoms with Gasteiger partial charge in [-0.05, 0) is 30.2 Å². The molecule has 0 aliphatic carbocycles. The molecule has 0 amide bonds. The number of fused-ring (bicyclic) bond motifs is 1. The topological polar surface area (TPSA) is 107 Å². The summed E-state index contributed by atoms with van der Waals surface area (Å²) >= 11 is 0. The third-order valence-electron chi connectivity index (χ3n) is 4.11. The number of alkyl halides is 3. The molecule has 0 spiro atoms. The van der Waals surface area contributed by atoms with Crippen molar-refractivity contribution in [3.63, 3.8) is 0 Å². The van der Waals surface area contributed by atoms with Gasteiger partial charge in [0.1, 0.15) is 11.9 Å². The first-order valence-electron chi connectivity index (χ1n) is 8.63. The highest BCUT2D eigenvalue weighted by Crippen LogP contribution is 2.29. The summed E-state index contributed by atoms with van der Waals surface area (Å²) in [4.78, 5) is 8.40. The number of hydrogen-bond acceptors (Lipinski definition) is 8. The van der Waals surface area contributed by atoms with Gasteiger partial charge in [0.05, 0.1) is 0 Å². The molecular weight excluding hydrogens is 389 g/mol. The minimum Gasteiger partial charge on any atom is -0.357 e. The van der Waals surface area contributed by atoms with E-state index in [1.807, 2.05) is 13.8 Å². The van der Waals surface area contributed by atoms with E-state index in [-0.39, 0.29) is 23.3 Å². The van der Waals surface area contributed by atoms with E-state index in [4.69, 9.17) is 4.52 Å². The first kappa shape index (κ1) is 18.8. The van der Waals surface area contributed by atoms with Crippen molar-refractivity contribution in [3.05, 3.63) is 48.4 Å². The fourth-order valence-electron chi connectivity index (χ4n) is 2.69. The van der Waals surface area contributed by atoms with E-state index in [2.05, 4.69) is 35.7 Å². The summed E-state index contributed by atoms with van der Waals surface area (Å²) in [5.41, 5.74) is 0.671. The molecule has 0 radical (unpaired) electrons. The van der Waals surface area contributed by atoms with Gasteiger partial charge in [0, 0.05) is 18.0 Å². The van der Waals surface area contributed by atoms with Crippen LogP contribution in [0.4, 0.5) is 19.0 Å². The van der Waals surface area contributed by atoms with Crippen LogP contribution in [0.15, 0.2) is 41.2 Å². The molecule has 4 heterocycles. The molecule has 12 heteroatoms. The van der Waals surface area contributed by atoms with Crippen LogP contribution in [-0.4, -0.2) is 34.9 Å². The Kier molecular flexibility index (Phi) is 4.60. The normalized spacial score (nSPS) is 13.2. The number of anilines is 1. The fourth-order valence-corrected chi connectivity index (χ4v) is 2.69. The summed E-state index contributed by atoms with van der Waals surface area (Å²) in [6.45, 7) is 3.81. The molecule has 0 aromatic carbocycles. The lowest BCUT2D eigenvalue weighted by molar-refractivity contribution is -0.146. The van der Waals surface area contributed by atoms with Crippen LogP contribution in [0.1, 0.15) is 31.6 Å². The Bertz CT molecular complexity index is 1120. The number of halogens is 3. The molecule has 4 aromatic rings. The minimum absolute atomic E-state index is 0.0133. The van der Waals surface area contributed by atoms with Crippen molar-refractivity contribution in [1.29, 1.82) is 0 Å². The van der Waals surface area contributed by atoms with Crippen molar-refractivity contribution in [1.82, 2.24) is 34.9 Å². The SMILES string of the molecule is CC(C)C(Nc1ccc2nnc(C(F)(F)F)n2n1)c1nc(-c2cccnc2)no1. The van der Waals surface area contributed by atoms with Crippen LogP contribution >= 0.6 is 0 Å². The summed E-state index contributed by atoms with van der Waals surface area (Å²) in [7, 11) is 0. The number of pyridine rings is 1. The maximum absolute atomic E-state index is 13.1. The monoisotopic (exact) mass is 404 g/mol. The summed E-state index contributed by atoms with van der Waals surface area (Å²) in [6.07, 6.45) is -1.44. The second-order valence-electron chi connectivity index (χ2n) is 6.57. The Morgan fingerprint density at radius 2 is 1.97 bits per heavy atom. The fraction of sp³-hybridized carbons (Fsp3) is 0.294. The molecule has 0 saturated carbocycles. The zero-order valence-electron chi connectivity index (χ0n) is 15.3. The molecule has 0 bridgehead atoms. The van der Waals surface area contributed by atoms with Crippen LogP contribution < -0.4 is 5.32 Å². The molecule has 0 aliphatic rings. The molecule has 1 atom stereocenters. The lowest BCUT2D eigenvalue weighted by Crippen LogP contribution is -2.19. The number of aromatic nitrogens is 7. The number of nitrogens with zero attached hydrogens (tertiary/aromatic N) is 7. The highest BCUT2D eigenvalue weighted by Gasteiger charge is 2.37. The third kappa shape index (κ3) is 3.73. The first-order valence-corrected chi connectivity index (χ1v) is 8.63. The van der Waals surface area contributed by atoms with E-state index in [0.717, 1.165) is 0 Å². The molecule has 0 fully saturated rings. The van der Waals surface area contributed by atoms with Gasteiger partial charge in [-0.1, -0.05) is 19.0 Å². The quantitative estimate of drug-likeness (QED) is 0.539. The molecule has 9 nitrogen and oxygen atoms in total. The molecule has 1 unspecified atom stereocenters. The maximum atomic E-state index is 13.1. The van der Waals surface area contributed by atoms with Crippen LogP contribution in [0.5, 0.6) is 0 Å². The Hall–Kier alpha value is -3.57. The Morgan fingerprint density at radius 1 is 1.14 bits per heavy atom. The molecule has 150 valence electrons. The van der Waals surface area contributed by atoms with Crippen molar-refractivity contribution in [2.75, 3.05) is 5.32 Å². The van der Waals surface area contributed by atoms with Gasteiger partial charge < -0.3 is 9.84 Å². The number of hydrogen-bond donors (Lipinski definition) is 1. The van der Waals surface area contributed by atoms with Gasteiger partial charge in [0.2, 0.25) is 11.7 Å². The van der Waals surface area contributed by atoms with Gasteiger partial charge in [0.15, 0.2) is 5.65 Å². The predicted molar refractivity (Wildman–Crippen MR) is 94.5 cm³/mol. The summed E-state index contributed by atoms with van der Waals surface area (Å²) in [5, 5.41) is 17.6. The lowest BCUT2D eigenvalue weighted by atomic mass is 10.0. The summed E-state index contributed by atoms with van der Waals surface area (Å²) in [5.74, 6) is -0.406. The van der Waals surface area contributed by atoms with Crippen LogP contribution in [0.25, 0.3) is 17.0 Å². The van der Waals surface area contributed by atoms with E-state index < -0.39 is 18.0 Å². The second-order valence-corrected chi connectivity index (χ2v) is 6.57. The average Bonchev–Trinajstić information content (AvgIpc) is 3.33. The van der Waals surface area contributed by atoms with Gasteiger partial charge in [-0.3, -0.25) is 4.98 Å². The standard InChI is InChI=1S/C17H15F3N8O/c1-9(2)13(15-23-14(27-29-15)10-4-3-7-21-8-10)22-11-5-6-12-24-25-16(17(18,19)20)28(12)26-11/h3-9,13H,1-2H3,(H,22,26). The zero-order chi connectivity index (χ0) is 20.6. The van der Waals surface area contributed by atoms with Gasteiger partial charge in [0.25, 0.3) is 5.82 Å². The van der Waals surface area contributed by atoms with E-state index in [9.17, 15) is 13.2 Å². The molecule has 0 saturated heterocycles. The maximum Gasteiger partial charge on any atom is 0.453 e. The Morgan fingerprint density at radius 3 is 2.66 bits per heavy atom. The van der Waals surface area contributed by atoms with Crippen molar-refractivity contribution in [2.24, 2.45) is 5.92 Å². The van der Waals surface area contributed by atoms with Crippen LogP contribution in [0, 0.1) is 5.92 Å². The number of nitrogens with one attached hydrogen (secondary N) is 1. The largest absolute Gasteiger partial charge is 0.453 e. The Labute approximate surface area is 162 Å². The predicted octanol–water partition coefficient (Wildman–Crippen LogP) is 3.40. The van der Waals surface area contributed by atoms with Crippen LogP contribution in [0.2, 0.25) is 0 Å². The van der Waals surface area contributed by atoms with E-state index in [1.165, 1.54) is 12.1 Å². The minimum atomic E-state index is -4.67. The molecular formula is C17H15F3N8O. The second kappa shape index (κ2) is 7.11. The van der Waals surface area contributed by atoms with Crippen molar-refractivity contribution >= 4 is 11.5 Å². The van der Waals surface area contributed by atoms with Crippen LogP contribution in [-0.2, 0) is 6.18 Å². The van der Waals surface area contributed by atoms with Gasteiger partial charge in [-0.2, -0.15) is 22.7 Å². The smallest absolute Gasteiger partial charge is 0.357 e. The van der Waals surface area contributed by atoms with Crippen molar-refractivity contribution in [2.45, 2.75) is 26.1 Å². The molecule has 4 rings (SSSR count). The molecule has 4 aromatic heterocycles. The molecule has 1 N–H and O–H groups in total. The molecule has 0 aliphatic heterocycles. The average molecular weight is 404 g/mol. The van der Waals surface area contributed by atoms with Gasteiger partial charge in [-0.25, -0.2) is 0 Å². The lowest BCUT2D eigenvalue weighted by Gasteiger charge is -2.19. The van der Waals surface area contributed by atoms with Gasteiger partial charge >= 0.3 is 6.18 Å². The van der Waals surface area contributed by atoms with E-state index in [1.54, 1.807) is 24.5 Å². The van der Waals surface area contributed by atoms with Crippen molar-refractivity contribution in [3.8, 4) is 11.4 Å². The van der Waals surface area contributed by atoms with E-state index in [0.29, 0.717) is 15.9 Å². The zero-order valence-corrected chi connectivity index (χ0v) is 15.3. The highest BCUT2D eigenvalue weighted by atomic mass is 19.4. The van der Waals surface area contributed by atoms with Crippen molar-refractivity contribution < 1.29 is 17.7 Å². The molecule has 29 heavy (non-hydrogen) atoms. The van der Waals surface area contributed by atoms with Gasteiger partial charge in [-0.15, -0.1) is 15.3 Å². The summed E-state index contributed by atoms with van der Waals surface area (Å²) in [6, 6.07) is 5.96. The van der Waals surface area contributed by atoms with Crippen LogP contribution in [0.3, 0.4) is 0 Å². The Balaban J connectivity index is 1.65. The first-order chi connectivity index (χ1) is 13.8. The highest BCUT2D eigenvalue weighted by molar-refractivity contribution is 5.52. The van der Waals surface area contributed by atoms with E-state index >= 15 is 0 Å². The summed E-state index contributed by atoms with van der Waals surface area (Å²) < 4.78 is 45.3. The third-order valence-corrected chi connectivity index (χ3v) is 4.11. The number of rotatable bonds is 5.